The molecule has 0 atom stereocenters. The Bertz CT molecular complexity index is 1700. The van der Waals surface area contributed by atoms with Gasteiger partial charge < -0.3 is 20.0 Å². The molecular weight excluding hydrogens is 539 g/mol. The molecule has 0 fully saturated rings. The van der Waals surface area contributed by atoms with Crippen molar-refractivity contribution in [2.24, 2.45) is 5.73 Å². The third-order valence-corrected chi connectivity index (χ3v) is 7.13. The highest BCUT2D eigenvalue weighted by Crippen LogP contribution is 2.30. The summed E-state index contributed by atoms with van der Waals surface area (Å²) in [5.41, 5.74) is 3.77. The van der Waals surface area contributed by atoms with Crippen molar-refractivity contribution in [1.29, 1.82) is 0 Å². The van der Waals surface area contributed by atoms with E-state index >= 15 is 0 Å². The monoisotopic (exact) mass is 561 g/mol. The van der Waals surface area contributed by atoms with Crippen LogP contribution in [0.1, 0.15) is 32.9 Å². The summed E-state index contributed by atoms with van der Waals surface area (Å²) in [4.78, 5) is 21.4. The zero-order valence-electron chi connectivity index (χ0n) is 20.4. The van der Waals surface area contributed by atoms with Crippen LogP contribution in [0, 0.1) is 6.92 Å². The number of primary amides is 1. The first-order chi connectivity index (χ1) is 18.4. The molecule has 14 heteroatoms. The number of carbonyl (C=O) groups is 1. The molecule has 2 aromatic heterocycles. The van der Waals surface area contributed by atoms with Crippen LogP contribution in [0.3, 0.4) is 0 Å². The standard InChI is InChI=1S/C25H22F3N5O5S/c1-14-10-18-17(22(29)34)6-3-7-21(18)33(14)24-31-20-8-9-37-13-19(20)23(32-24)30-12-15-4-2-5-16(11-15)38-39(35,36)25(26,27)28/h2-7,10-11H,8-9,12-13H2,1H3,(H2,29,34)(H,30,31,32). The molecule has 1 aliphatic rings. The molecule has 0 spiro atoms. The van der Waals surface area contributed by atoms with E-state index in [-0.39, 0.29) is 13.2 Å². The Kier molecular flexibility index (Phi) is 6.68. The number of benzene rings is 2. The Morgan fingerprint density at radius 3 is 2.69 bits per heavy atom. The maximum Gasteiger partial charge on any atom is 0.534 e. The van der Waals surface area contributed by atoms with Crippen LogP contribution < -0.4 is 15.2 Å². The first-order valence-electron chi connectivity index (χ1n) is 11.7. The average molecular weight is 562 g/mol. The molecule has 204 valence electrons. The van der Waals surface area contributed by atoms with Crippen molar-refractivity contribution >= 4 is 32.7 Å². The highest BCUT2D eigenvalue weighted by molar-refractivity contribution is 7.88. The molecule has 0 unspecified atom stereocenters. The lowest BCUT2D eigenvalue weighted by Crippen LogP contribution is -2.28. The van der Waals surface area contributed by atoms with Crippen molar-refractivity contribution in [2.45, 2.75) is 32.0 Å². The van der Waals surface area contributed by atoms with Crippen LogP contribution in [0.25, 0.3) is 16.9 Å². The summed E-state index contributed by atoms with van der Waals surface area (Å²) >= 11 is 0. The van der Waals surface area contributed by atoms with E-state index in [1.807, 2.05) is 19.1 Å². The molecule has 0 aliphatic carbocycles. The number of fused-ring (bicyclic) bond motifs is 2. The predicted molar refractivity (Wildman–Crippen MR) is 135 cm³/mol. The highest BCUT2D eigenvalue weighted by atomic mass is 32.2. The molecule has 2 aromatic carbocycles. The first kappa shape index (κ1) is 26.4. The van der Waals surface area contributed by atoms with Crippen molar-refractivity contribution in [3.63, 3.8) is 0 Å². The fraction of sp³-hybridized carbons (Fsp3) is 0.240. The molecule has 0 bridgehead atoms. The van der Waals surface area contributed by atoms with Gasteiger partial charge in [-0.25, -0.2) is 4.98 Å². The van der Waals surface area contributed by atoms with Gasteiger partial charge in [0.2, 0.25) is 11.9 Å². The molecule has 1 amide bonds. The van der Waals surface area contributed by atoms with Gasteiger partial charge in [0.15, 0.2) is 0 Å². The molecule has 10 nitrogen and oxygen atoms in total. The van der Waals surface area contributed by atoms with Gasteiger partial charge in [-0.3, -0.25) is 9.36 Å². The van der Waals surface area contributed by atoms with Crippen LogP contribution in [0.15, 0.2) is 48.5 Å². The molecule has 0 saturated heterocycles. The van der Waals surface area contributed by atoms with Gasteiger partial charge in [-0.15, -0.1) is 0 Å². The summed E-state index contributed by atoms with van der Waals surface area (Å²) in [6, 6.07) is 12.3. The number of hydrogen-bond donors (Lipinski definition) is 2. The quantitative estimate of drug-likeness (QED) is 0.257. The average Bonchev–Trinajstić information content (AvgIpc) is 3.22. The highest BCUT2D eigenvalue weighted by Gasteiger charge is 2.48. The van der Waals surface area contributed by atoms with Crippen molar-refractivity contribution in [3.8, 4) is 11.7 Å². The molecule has 39 heavy (non-hydrogen) atoms. The number of nitrogens with zero attached hydrogens (tertiary/aromatic N) is 3. The van der Waals surface area contributed by atoms with Gasteiger partial charge in [0, 0.05) is 35.2 Å². The second kappa shape index (κ2) is 9.85. The van der Waals surface area contributed by atoms with Crippen LogP contribution in [0.2, 0.25) is 0 Å². The van der Waals surface area contributed by atoms with E-state index in [0.29, 0.717) is 46.8 Å². The number of nitrogens with one attached hydrogen (secondary N) is 1. The summed E-state index contributed by atoms with van der Waals surface area (Å²) in [6.45, 7) is 2.66. The number of rotatable bonds is 7. The van der Waals surface area contributed by atoms with E-state index in [1.54, 1.807) is 22.8 Å². The number of carbonyl (C=O) groups excluding carboxylic acids is 1. The van der Waals surface area contributed by atoms with E-state index in [1.165, 1.54) is 12.1 Å². The zero-order chi connectivity index (χ0) is 27.9. The van der Waals surface area contributed by atoms with E-state index in [2.05, 4.69) is 9.50 Å². The molecular formula is C25H22F3N5O5S. The Labute approximate surface area is 220 Å². The summed E-state index contributed by atoms with van der Waals surface area (Å²) in [5, 5.41) is 3.82. The van der Waals surface area contributed by atoms with Crippen molar-refractivity contribution in [1.82, 2.24) is 14.5 Å². The lowest BCUT2D eigenvalue weighted by Gasteiger charge is -2.21. The second-order valence-corrected chi connectivity index (χ2v) is 10.3. The van der Waals surface area contributed by atoms with Gasteiger partial charge in [-0.1, -0.05) is 18.2 Å². The Balaban J connectivity index is 1.49. The van der Waals surface area contributed by atoms with Crippen LogP contribution >= 0.6 is 0 Å². The molecule has 4 aromatic rings. The number of anilines is 1. The Hall–Kier alpha value is -4.17. The number of alkyl halides is 3. The maximum absolute atomic E-state index is 12.7. The number of aromatic nitrogens is 3. The SMILES string of the molecule is Cc1cc2c(C(N)=O)cccc2n1-c1nc2c(c(NCc3cccc(OS(=O)(=O)C(F)(F)F)c3)n1)COCC2. The van der Waals surface area contributed by atoms with Gasteiger partial charge in [-0.2, -0.15) is 26.6 Å². The second-order valence-electron chi connectivity index (χ2n) is 8.81. The van der Waals surface area contributed by atoms with E-state index < -0.39 is 27.3 Å². The van der Waals surface area contributed by atoms with Crippen LogP contribution in [-0.4, -0.2) is 41.0 Å². The molecule has 0 saturated carbocycles. The molecule has 1 aliphatic heterocycles. The minimum Gasteiger partial charge on any atom is -0.376 e. The number of amides is 1. The topological polar surface area (TPSA) is 138 Å². The van der Waals surface area contributed by atoms with Gasteiger partial charge in [-0.05, 0) is 42.8 Å². The predicted octanol–water partition coefficient (Wildman–Crippen LogP) is 3.74. The Morgan fingerprint density at radius 2 is 1.95 bits per heavy atom. The Morgan fingerprint density at radius 1 is 1.18 bits per heavy atom. The third-order valence-electron chi connectivity index (χ3n) is 6.15. The largest absolute Gasteiger partial charge is 0.534 e. The number of halogens is 3. The molecule has 5 rings (SSSR count). The lowest BCUT2D eigenvalue weighted by atomic mass is 10.1. The van der Waals surface area contributed by atoms with Gasteiger partial charge in [0.05, 0.1) is 24.4 Å². The van der Waals surface area contributed by atoms with E-state index in [4.69, 9.17) is 20.4 Å². The van der Waals surface area contributed by atoms with Gasteiger partial charge in [0.25, 0.3) is 0 Å². The maximum atomic E-state index is 12.7. The third kappa shape index (κ3) is 5.12. The van der Waals surface area contributed by atoms with E-state index in [9.17, 15) is 26.4 Å². The van der Waals surface area contributed by atoms with Gasteiger partial charge >= 0.3 is 15.6 Å². The smallest absolute Gasteiger partial charge is 0.376 e. The fourth-order valence-corrected chi connectivity index (χ4v) is 4.83. The minimum absolute atomic E-state index is 0.0867. The summed E-state index contributed by atoms with van der Waals surface area (Å²) in [7, 11) is -5.80. The number of hydrogen-bond acceptors (Lipinski definition) is 8. The summed E-state index contributed by atoms with van der Waals surface area (Å²) in [5.74, 6) is -0.241. The summed E-state index contributed by atoms with van der Waals surface area (Å²) < 4.78 is 72.5. The van der Waals surface area contributed by atoms with Crippen molar-refractivity contribution < 1.29 is 35.3 Å². The number of aryl methyl sites for hydroxylation is 1. The summed E-state index contributed by atoms with van der Waals surface area (Å²) in [6.07, 6.45) is 0.531. The molecule has 3 heterocycles. The van der Waals surface area contributed by atoms with Crippen molar-refractivity contribution in [2.75, 3.05) is 11.9 Å². The lowest BCUT2D eigenvalue weighted by molar-refractivity contribution is -0.0500. The number of nitrogens with two attached hydrogens (primary N) is 1. The minimum atomic E-state index is -5.80. The molecule has 0 radical (unpaired) electrons. The molecule has 3 N–H and O–H groups in total. The van der Waals surface area contributed by atoms with Gasteiger partial charge in [0.1, 0.15) is 11.6 Å². The van der Waals surface area contributed by atoms with Crippen LogP contribution in [0.5, 0.6) is 5.75 Å². The van der Waals surface area contributed by atoms with Crippen LogP contribution in [0.4, 0.5) is 19.0 Å². The number of ether oxygens (including phenoxy) is 1. The van der Waals surface area contributed by atoms with Crippen molar-refractivity contribution in [3.05, 3.63) is 76.6 Å². The van der Waals surface area contributed by atoms with E-state index in [0.717, 1.165) is 23.0 Å². The van der Waals surface area contributed by atoms with Crippen LogP contribution in [-0.2, 0) is 34.4 Å². The first-order valence-corrected chi connectivity index (χ1v) is 13.1. The normalized spacial score (nSPS) is 13.7. The fourth-order valence-electron chi connectivity index (χ4n) is 4.38. The zero-order valence-corrected chi connectivity index (χ0v) is 21.3.